The molecule has 68 heavy (non-hydrogen) atoms. The maximum atomic E-state index is 6.83. The monoisotopic (exact) mass is 891 g/mol. The van der Waals surface area contributed by atoms with E-state index in [9.17, 15) is 0 Å². The Labute approximate surface area is 400 Å². The lowest BCUT2D eigenvalue weighted by Gasteiger charge is -2.39. The fraction of sp³-hybridized carbons (Fsp3) is 0.0968. The van der Waals surface area contributed by atoms with E-state index in [1.54, 1.807) is 0 Å². The highest BCUT2D eigenvalue weighted by atomic mass is 32.1. The van der Waals surface area contributed by atoms with E-state index in [0.29, 0.717) is 6.54 Å². The molecule has 0 atom stereocenters. The topological polar surface area (TPSA) is 24.6 Å². The van der Waals surface area contributed by atoms with E-state index >= 15 is 0 Å². The minimum absolute atomic E-state index is 0.0157. The van der Waals surface area contributed by atoms with Crippen LogP contribution in [0, 0.1) is 0 Å². The SMILES string of the molecule is CC(C)(C)c1ccc(CN2c3cc4oc5ccccc5c4cc3B3c4c(cc(N(c5ccccc5)c5ccccc5)cc42)Cc2cccc4c5sc6ccccc6c5n3c24)c(-c2ccccc2)c1. The molecule has 0 N–H and O–H groups in total. The summed E-state index contributed by atoms with van der Waals surface area (Å²) in [6.45, 7) is 7.46. The summed E-state index contributed by atoms with van der Waals surface area (Å²) in [6.07, 6.45) is 0.798. The predicted octanol–water partition coefficient (Wildman–Crippen LogP) is 15.6. The number of aromatic nitrogens is 1. The first-order valence-electron chi connectivity index (χ1n) is 23.8. The Hall–Kier alpha value is -7.80. The van der Waals surface area contributed by atoms with Crippen molar-refractivity contribution in [3.05, 3.63) is 222 Å². The van der Waals surface area contributed by atoms with Gasteiger partial charge in [-0.3, -0.25) is 0 Å². The Morgan fingerprint density at radius 2 is 1.25 bits per heavy atom. The highest BCUT2D eigenvalue weighted by Gasteiger charge is 2.43. The zero-order valence-electron chi connectivity index (χ0n) is 38.2. The molecule has 0 amide bonds. The van der Waals surface area contributed by atoms with Crippen LogP contribution in [0.2, 0.25) is 0 Å². The maximum Gasteiger partial charge on any atom is 0.332 e. The van der Waals surface area contributed by atoms with Gasteiger partial charge in [-0.15, -0.1) is 11.3 Å². The molecule has 0 aliphatic carbocycles. The van der Waals surface area contributed by atoms with Crippen molar-refractivity contribution in [2.75, 3.05) is 9.80 Å². The van der Waals surface area contributed by atoms with E-state index in [-0.39, 0.29) is 12.3 Å². The summed E-state index contributed by atoms with van der Waals surface area (Å²) in [5.74, 6) is 0. The average Bonchev–Trinajstić information content (AvgIpc) is 4.00. The molecule has 0 saturated heterocycles. The van der Waals surface area contributed by atoms with Crippen LogP contribution in [0.1, 0.15) is 43.0 Å². The van der Waals surface area contributed by atoms with Gasteiger partial charge in [0.1, 0.15) is 11.2 Å². The van der Waals surface area contributed by atoms with Gasteiger partial charge in [0.2, 0.25) is 0 Å². The average molecular weight is 892 g/mol. The van der Waals surface area contributed by atoms with Gasteiger partial charge in [0.25, 0.3) is 0 Å². The molecule has 0 saturated carbocycles. The van der Waals surface area contributed by atoms with Crippen LogP contribution in [0.15, 0.2) is 205 Å². The van der Waals surface area contributed by atoms with Crippen LogP contribution in [-0.4, -0.2) is 11.3 Å². The molecule has 0 spiro atoms. The Kier molecular flexibility index (Phi) is 8.60. The van der Waals surface area contributed by atoms with Crippen LogP contribution in [0.25, 0.3) is 64.3 Å². The van der Waals surface area contributed by atoms with Crippen molar-refractivity contribution in [1.29, 1.82) is 0 Å². The molecule has 6 heteroatoms. The van der Waals surface area contributed by atoms with Crippen LogP contribution in [-0.2, 0) is 18.4 Å². The van der Waals surface area contributed by atoms with Gasteiger partial charge in [0.05, 0.1) is 10.2 Å². The van der Waals surface area contributed by atoms with E-state index < -0.39 is 0 Å². The lowest BCUT2D eigenvalue weighted by atomic mass is 9.46. The van der Waals surface area contributed by atoms with E-state index in [0.717, 1.165) is 51.1 Å². The lowest BCUT2D eigenvalue weighted by Crippen LogP contribution is -2.56. The number of thiophene rings is 1. The molecular formula is C62H46BN3OS. The first kappa shape index (κ1) is 39.4. The van der Waals surface area contributed by atoms with Crippen LogP contribution >= 0.6 is 11.3 Å². The number of para-hydroxylation sites is 4. The predicted molar refractivity (Wildman–Crippen MR) is 289 cm³/mol. The summed E-state index contributed by atoms with van der Waals surface area (Å²) < 4.78 is 12.3. The number of anilines is 5. The van der Waals surface area contributed by atoms with Gasteiger partial charge in [-0.05, 0) is 105 Å². The normalized spacial score (nSPS) is 13.2. The maximum absolute atomic E-state index is 6.83. The molecule has 0 fully saturated rings. The summed E-state index contributed by atoms with van der Waals surface area (Å²) in [6, 6.07) is 74.3. The van der Waals surface area contributed by atoms with Gasteiger partial charge in [-0.2, -0.15) is 0 Å². The number of furan rings is 1. The standard InChI is InChI=1S/C62H46BN3OS/c1-62(2,3)43-31-30-41(50(34-43)39-18-7-4-8-19-39)38-64-53-37-56-51(47-25-13-15-28-55(47)67-56)36-52(53)63-58-42(33-46(35-54(58)64)65(44-21-9-5-10-22-44)45-23-11-6-12-24-45)32-40-20-17-27-49-59(40)66(63)60-48-26-14-16-29-57(48)68-61(49)60/h4-31,33-37H,32,38H2,1-3H3. The van der Waals surface area contributed by atoms with Crippen molar-refractivity contribution in [3.8, 4) is 11.1 Å². The number of hydrogen-bond donors (Lipinski definition) is 0. The third-order valence-electron chi connectivity index (χ3n) is 14.6. The highest BCUT2D eigenvalue weighted by Crippen LogP contribution is 2.48. The number of hydrogen-bond acceptors (Lipinski definition) is 4. The highest BCUT2D eigenvalue weighted by molar-refractivity contribution is 7.26. The number of benzene rings is 9. The zero-order chi connectivity index (χ0) is 45.3. The van der Waals surface area contributed by atoms with E-state index in [1.807, 2.05) is 11.3 Å². The third kappa shape index (κ3) is 5.93. The van der Waals surface area contributed by atoms with Gasteiger partial charge in [-0.25, -0.2) is 0 Å². The van der Waals surface area contributed by atoms with Crippen LogP contribution < -0.4 is 20.7 Å². The molecule has 0 radical (unpaired) electrons. The smallest absolute Gasteiger partial charge is 0.332 e. The van der Waals surface area contributed by atoms with Crippen molar-refractivity contribution < 1.29 is 4.42 Å². The molecule has 0 unspecified atom stereocenters. The Bertz CT molecular complexity index is 3940. The first-order valence-corrected chi connectivity index (χ1v) is 24.6. The van der Waals surface area contributed by atoms with E-state index in [4.69, 9.17) is 4.42 Å². The Balaban J connectivity index is 1.12. The summed E-state index contributed by atoms with van der Waals surface area (Å²) in [4.78, 5) is 5.07. The number of nitrogens with zero attached hydrogens (tertiary/aromatic N) is 3. The quantitative estimate of drug-likeness (QED) is 0.156. The molecule has 12 aromatic rings. The molecule has 2 aliphatic heterocycles. The summed E-state index contributed by atoms with van der Waals surface area (Å²) in [5, 5.41) is 4.92. The minimum Gasteiger partial charge on any atom is -0.456 e. The van der Waals surface area contributed by atoms with E-state index in [1.165, 1.54) is 81.2 Å². The molecule has 2 aliphatic rings. The molecule has 324 valence electrons. The van der Waals surface area contributed by atoms with Gasteiger partial charge in [0.15, 0.2) is 0 Å². The third-order valence-corrected chi connectivity index (χ3v) is 15.8. The van der Waals surface area contributed by atoms with Crippen molar-refractivity contribution in [2.24, 2.45) is 0 Å². The largest absolute Gasteiger partial charge is 0.456 e. The summed E-state index contributed by atoms with van der Waals surface area (Å²) in [5.41, 5.74) is 20.6. The fourth-order valence-corrected chi connectivity index (χ4v) is 12.7. The molecule has 5 heterocycles. The van der Waals surface area contributed by atoms with Crippen molar-refractivity contribution in [3.63, 3.8) is 0 Å². The van der Waals surface area contributed by atoms with Crippen LogP contribution in [0.5, 0.6) is 0 Å². The van der Waals surface area contributed by atoms with Gasteiger partial charge >= 0.3 is 6.85 Å². The second kappa shape index (κ2) is 14.9. The molecule has 3 aromatic heterocycles. The van der Waals surface area contributed by atoms with Crippen molar-refractivity contribution in [1.82, 2.24) is 4.48 Å². The van der Waals surface area contributed by atoms with Gasteiger partial charge in [0, 0.05) is 72.8 Å². The van der Waals surface area contributed by atoms with Crippen LogP contribution in [0.4, 0.5) is 28.4 Å². The molecule has 14 rings (SSSR count). The van der Waals surface area contributed by atoms with E-state index in [2.05, 4.69) is 235 Å². The second-order valence-electron chi connectivity index (χ2n) is 19.7. The van der Waals surface area contributed by atoms with Gasteiger partial charge < -0.3 is 18.7 Å². The van der Waals surface area contributed by atoms with Crippen molar-refractivity contribution >= 4 is 111 Å². The van der Waals surface area contributed by atoms with Crippen molar-refractivity contribution in [2.45, 2.75) is 39.2 Å². The summed E-state index contributed by atoms with van der Waals surface area (Å²) >= 11 is 1.93. The Morgan fingerprint density at radius 1 is 0.559 bits per heavy atom. The first-order chi connectivity index (χ1) is 33.4. The zero-order valence-corrected chi connectivity index (χ0v) is 39.0. The molecule has 4 nitrogen and oxygen atoms in total. The lowest BCUT2D eigenvalue weighted by molar-refractivity contribution is 0.590. The number of fused-ring (bicyclic) bond motifs is 11. The second-order valence-corrected chi connectivity index (χ2v) is 20.7. The van der Waals surface area contributed by atoms with Gasteiger partial charge in [-0.1, -0.05) is 166 Å². The number of rotatable bonds is 6. The molecular weight excluding hydrogens is 846 g/mol. The van der Waals surface area contributed by atoms with Crippen LogP contribution in [0.3, 0.4) is 0 Å². The minimum atomic E-state index is -0.126. The summed E-state index contributed by atoms with van der Waals surface area (Å²) in [7, 11) is 0. The fourth-order valence-electron chi connectivity index (χ4n) is 11.5. The molecule has 9 aromatic carbocycles. The Morgan fingerprint density at radius 3 is 2.01 bits per heavy atom. The molecule has 0 bridgehead atoms.